The van der Waals surface area contributed by atoms with Crippen LogP contribution in [-0.2, 0) is 14.8 Å². The SMILES string of the molecule is COC(=O)c1ccc(F)c(NS(=O)(=O)c2ccc(Br)s2)c1. The summed E-state index contributed by atoms with van der Waals surface area (Å²) in [5.41, 5.74) is -0.272. The van der Waals surface area contributed by atoms with Crippen LogP contribution in [0.5, 0.6) is 0 Å². The molecule has 1 aromatic heterocycles. The van der Waals surface area contributed by atoms with Crippen molar-refractivity contribution in [2.45, 2.75) is 4.21 Å². The fourth-order valence-electron chi connectivity index (χ4n) is 1.49. The minimum atomic E-state index is -3.92. The Morgan fingerprint density at radius 3 is 2.62 bits per heavy atom. The second-order valence-electron chi connectivity index (χ2n) is 3.85. The van der Waals surface area contributed by atoms with Crippen LogP contribution < -0.4 is 4.72 Å². The van der Waals surface area contributed by atoms with Gasteiger partial charge in [0.25, 0.3) is 10.0 Å². The van der Waals surface area contributed by atoms with Crippen LogP contribution >= 0.6 is 27.3 Å². The Kier molecular flexibility index (Phi) is 4.64. The number of carbonyl (C=O) groups is 1. The fourth-order valence-corrected chi connectivity index (χ4v) is 4.55. The zero-order chi connectivity index (χ0) is 15.6. The van der Waals surface area contributed by atoms with Crippen LogP contribution in [0, 0.1) is 5.82 Å². The first-order chi connectivity index (χ1) is 9.83. The highest BCUT2D eigenvalue weighted by molar-refractivity contribution is 9.11. The van der Waals surface area contributed by atoms with E-state index in [2.05, 4.69) is 25.4 Å². The van der Waals surface area contributed by atoms with E-state index in [0.29, 0.717) is 3.79 Å². The number of hydrogen-bond acceptors (Lipinski definition) is 5. The van der Waals surface area contributed by atoms with E-state index in [0.717, 1.165) is 23.5 Å². The van der Waals surface area contributed by atoms with Crippen LogP contribution in [0.2, 0.25) is 0 Å². The molecule has 1 aromatic carbocycles. The van der Waals surface area contributed by atoms with Gasteiger partial charge in [0, 0.05) is 0 Å². The zero-order valence-electron chi connectivity index (χ0n) is 10.6. The average Bonchev–Trinajstić information content (AvgIpc) is 2.87. The summed E-state index contributed by atoms with van der Waals surface area (Å²) in [6, 6.07) is 6.25. The number of rotatable bonds is 4. The molecule has 1 N–H and O–H groups in total. The number of benzene rings is 1. The number of esters is 1. The Hall–Kier alpha value is -1.45. The summed E-state index contributed by atoms with van der Waals surface area (Å²) < 4.78 is 45.2. The second-order valence-corrected chi connectivity index (χ2v) is 8.22. The van der Waals surface area contributed by atoms with E-state index in [4.69, 9.17) is 0 Å². The van der Waals surface area contributed by atoms with Gasteiger partial charge in [0.15, 0.2) is 0 Å². The van der Waals surface area contributed by atoms with E-state index < -0.39 is 21.8 Å². The molecule has 0 saturated heterocycles. The molecule has 5 nitrogen and oxygen atoms in total. The Morgan fingerprint density at radius 2 is 2.05 bits per heavy atom. The first kappa shape index (κ1) is 15.9. The summed E-state index contributed by atoms with van der Waals surface area (Å²) in [6.07, 6.45) is 0. The Labute approximate surface area is 132 Å². The normalized spacial score (nSPS) is 11.2. The summed E-state index contributed by atoms with van der Waals surface area (Å²) in [4.78, 5) is 11.4. The van der Waals surface area contributed by atoms with Gasteiger partial charge in [-0.25, -0.2) is 17.6 Å². The average molecular weight is 394 g/mol. The molecule has 0 unspecified atom stereocenters. The van der Waals surface area contributed by atoms with Crippen molar-refractivity contribution < 1.29 is 22.3 Å². The highest BCUT2D eigenvalue weighted by Crippen LogP contribution is 2.28. The molecule has 21 heavy (non-hydrogen) atoms. The molecular weight excluding hydrogens is 385 g/mol. The van der Waals surface area contributed by atoms with E-state index >= 15 is 0 Å². The minimum absolute atomic E-state index is 0.0252. The molecule has 112 valence electrons. The van der Waals surface area contributed by atoms with Crippen LogP contribution in [0.25, 0.3) is 0 Å². The van der Waals surface area contributed by atoms with Crippen molar-refractivity contribution in [3.8, 4) is 0 Å². The maximum Gasteiger partial charge on any atom is 0.337 e. The van der Waals surface area contributed by atoms with Gasteiger partial charge in [-0.2, -0.15) is 0 Å². The quantitative estimate of drug-likeness (QED) is 0.809. The van der Waals surface area contributed by atoms with Crippen LogP contribution in [0.3, 0.4) is 0 Å². The highest BCUT2D eigenvalue weighted by atomic mass is 79.9. The number of sulfonamides is 1. The van der Waals surface area contributed by atoms with Gasteiger partial charge in [-0.3, -0.25) is 4.72 Å². The third kappa shape index (κ3) is 3.60. The van der Waals surface area contributed by atoms with E-state index in [1.807, 2.05) is 0 Å². The number of hydrogen-bond donors (Lipinski definition) is 1. The fraction of sp³-hybridized carbons (Fsp3) is 0.0833. The summed E-state index contributed by atoms with van der Waals surface area (Å²) in [7, 11) is -2.74. The predicted molar refractivity (Wildman–Crippen MR) is 80.6 cm³/mol. The summed E-state index contributed by atoms with van der Waals surface area (Å²) in [5.74, 6) is -1.48. The monoisotopic (exact) mass is 393 g/mol. The van der Waals surface area contributed by atoms with Gasteiger partial charge < -0.3 is 4.74 Å². The molecule has 0 aliphatic rings. The maximum absolute atomic E-state index is 13.7. The first-order valence-electron chi connectivity index (χ1n) is 5.49. The van der Waals surface area contributed by atoms with Gasteiger partial charge in [-0.05, 0) is 46.3 Å². The van der Waals surface area contributed by atoms with E-state index in [1.165, 1.54) is 19.2 Å². The number of ether oxygens (including phenoxy) is 1. The topological polar surface area (TPSA) is 72.5 Å². The highest BCUT2D eigenvalue weighted by Gasteiger charge is 2.19. The van der Waals surface area contributed by atoms with E-state index in [9.17, 15) is 17.6 Å². The first-order valence-corrected chi connectivity index (χ1v) is 8.59. The van der Waals surface area contributed by atoms with Crippen molar-refractivity contribution in [3.63, 3.8) is 0 Å². The maximum atomic E-state index is 13.7. The van der Waals surface area contributed by atoms with Crippen molar-refractivity contribution in [2.75, 3.05) is 11.8 Å². The third-order valence-corrected chi connectivity index (χ3v) is 5.93. The molecule has 0 aliphatic carbocycles. The van der Waals surface area contributed by atoms with Crippen LogP contribution in [0.15, 0.2) is 38.3 Å². The lowest BCUT2D eigenvalue weighted by atomic mass is 10.2. The lowest BCUT2D eigenvalue weighted by Crippen LogP contribution is -2.13. The summed E-state index contributed by atoms with van der Waals surface area (Å²) in [6.45, 7) is 0. The molecule has 0 atom stereocenters. The zero-order valence-corrected chi connectivity index (χ0v) is 13.8. The smallest absolute Gasteiger partial charge is 0.337 e. The standard InChI is InChI=1S/C12H9BrFNO4S2/c1-19-12(16)7-2-3-8(14)9(6-7)15-21(17,18)11-5-4-10(13)20-11/h2-6,15H,1H3. The van der Waals surface area contributed by atoms with Gasteiger partial charge >= 0.3 is 5.97 Å². The van der Waals surface area contributed by atoms with Crippen molar-refractivity contribution in [2.24, 2.45) is 0 Å². The molecule has 2 aromatic rings. The number of carbonyl (C=O) groups excluding carboxylic acids is 1. The molecule has 0 fully saturated rings. The Bertz CT molecular complexity index is 788. The predicted octanol–water partition coefficient (Wildman–Crippen LogP) is 3.24. The van der Waals surface area contributed by atoms with Gasteiger partial charge in [-0.1, -0.05) is 0 Å². The minimum Gasteiger partial charge on any atom is -0.465 e. The number of thiophene rings is 1. The molecule has 0 amide bonds. The Balaban J connectivity index is 2.37. The number of halogens is 2. The molecule has 2 rings (SSSR count). The number of methoxy groups -OCH3 is 1. The largest absolute Gasteiger partial charge is 0.465 e. The summed E-state index contributed by atoms with van der Waals surface area (Å²) in [5, 5.41) is 0. The molecule has 0 radical (unpaired) electrons. The lowest BCUT2D eigenvalue weighted by Gasteiger charge is -2.08. The lowest BCUT2D eigenvalue weighted by molar-refractivity contribution is 0.0600. The van der Waals surface area contributed by atoms with E-state index in [1.54, 1.807) is 6.07 Å². The molecule has 0 bridgehead atoms. The van der Waals surface area contributed by atoms with Crippen molar-refractivity contribution in [3.05, 3.63) is 45.5 Å². The van der Waals surface area contributed by atoms with E-state index in [-0.39, 0.29) is 15.5 Å². The van der Waals surface area contributed by atoms with Gasteiger partial charge in [0.05, 0.1) is 22.1 Å². The van der Waals surface area contributed by atoms with Gasteiger partial charge in [-0.15, -0.1) is 11.3 Å². The van der Waals surface area contributed by atoms with Gasteiger partial charge in [0.1, 0.15) is 10.0 Å². The van der Waals surface area contributed by atoms with Gasteiger partial charge in [0.2, 0.25) is 0 Å². The number of anilines is 1. The molecule has 9 heteroatoms. The van der Waals surface area contributed by atoms with Crippen molar-refractivity contribution in [1.82, 2.24) is 0 Å². The molecule has 0 saturated carbocycles. The van der Waals surface area contributed by atoms with Crippen LogP contribution in [-0.4, -0.2) is 21.5 Å². The molecule has 1 heterocycles. The molecule has 0 aliphatic heterocycles. The molecule has 0 spiro atoms. The van der Waals surface area contributed by atoms with Crippen LogP contribution in [0.1, 0.15) is 10.4 Å². The van der Waals surface area contributed by atoms with Crippen LogP contribution in [0.4, 0.5) is 10.1 Å². The van der Waals surface area contributed by atoms with Crippen molar-refractivity contribution in [1.29, 1.82) is 0 Å². The molecular formula is C12H9BrFNO4S2. The van der Waals surface area contributed by atoms with Crippen molar-refractivity contribution >= 4 is 48.9 Å². The Morgan fingerprint density at radius 1 is 1.33 bits per heavy atom. The summed E-state index contributed by atoms with van der Waals surface area (Å²) >= 11 is 4.14. The number of nitrogens with one attached hydrogen (secondary N) is 1. The second kappa shape index (κ2) is 6.12. The third-order valence-electron chi connectivity index (χ3n) is 2.45.